The lowest BCUT2D eigenvalue weighted by Gasteiger charge is -2.32. The van der Waals surface area contributed by atoms with E-state index in [1.165, 1.54) is 30.4 Å². The highest BCUT2D eigenvalue weighted by Gasteiger charge is 2.38. The molecule has 0 saturated heterocycles. The molecule has 2 rings (SSSR count). The summed E-state index contributed by atoms with van der Waals surface area (Å²) in [5.41, 5.74) is 9.28. The molecule has 1 aromatic carbocycles. The van der Waals surface area contributed by atoms with Gasteiger partial charge in [-0.05, 0) is 48.3 Å². The zero-order valence-electron chi connectivity index (χ0n) is 12.0. The van der Waals surface area contributed by atoms with Crippen LogP contribution in [0, 0.1) is 18.3 Å². The van der Waals surface area contributed by atoms with E-state index >= 15 is 0 Å². The maximum Gasteiger partial charge on any atom is 0.121 e. The van der Waals surface area contributed by atoms with Crippen molar-refractivity contribution in [3.05, 3.63) is 29.3 Å². The number of hydrogen-bond donors (Lipinski definition) is 1. The van der Waals surface area contributed by atoms with E-state index in [0.717, 1.165) is 5.75 Å². The third-order valence-electron chi connectivity index (χ3n) is 4.58. The van der Waals surface area contributed by atoms with Crippen LogP contribution >= 0.6 is 0 Å². The molecule has 0 bridgehead atoms. The fourth-order valence-electron chi connectivity index (χ4n) is 3.36. The Balaban J connectivity index is 2.23. The van der Waals surface area contributed by atoms with Crippen molar-refractivity contribution in [1.29, 1.82) is 0 Å². The molecule has 2 heteroatoms. The van der Waals surface area contributed by atoms with Crippen LogP contribution in [0.1, 0.15) is 50.3 Å². The predicted octanol–water partition coefficient (Wildman–Crippen LogP) is 3.83. The summed E-state index contributed by atoms with van der Waals surface area (Å²) >= 11 is 0. The van der Waals surface area contributed by atoms with Gasteiger partial charge in [0.05, 0.1) is 7.11 Å². The van der Waals surface area contributed by atoms with Gasteiger partial charge in [0.15, 0.2) is 0 Å². The van der Waals surface area contributed by atoms with Crippen molar-refractivity contribution >= 4 is 0 Å². The summed E-state index contributed by atoms with van der Waals surface area (Å²) in [6, 6.07) is 6.47. The van der Waals surface area contributed by atoms with Gasteiger partial charge in [-0.1, -0.05) is 32.4 Å². The molecular weight excluding hydrogens is 222 g/mol. The average Bonchev–Trinajstić information content (AvgIpc) is 2.68. The lowest BCUT2D eigenvalue weighted by molar-refractivity contribution is 0.222. The molecule has 2 atom stereocenters. The first-order chi connectivity index (χ1) is 8.45. The van der Waals surface area contributed by atoms with E-state index in [2.05, 4.69) is 32.9 Å². The van der Waals surface area contributed by atoms with Crippen molar-refractivity contribution in [2.45, 2.75) is 46.1 Å². The number of nitrogens with two attached hydrogens (primary N) is 1. The number of rotatable bonds is 3. The number of hydrogen-bond acceptors (Lipinski definition) is 2. The van der Waals surface area contributed by atoms with Crippen molar-refractivity contribution < 1.29 is 4.74 Å². The van der Waals surface area contributed by atoms with Crippen LogP contribution < -0.4 is 10.5 Å². The van der Waals surface area contributed by atoms with E-state index in [1.54, 1.807) is 7.11 Å². The molecule has 1 aliphatic rings. The maximum absolute atomic E-state index is 6.50. The second-order valence-electron chi connectivity index (χ2n) is 6.24. The van der Waals surface area contributed by atoms with Crippen LogP contribution in [0.5, 0.6) is 5.75 Å². The van der Waals surface area contributed by atoms with E-state index < -0.39 is 0 Å². The molecule has 100 valence electrons. The highest BCUT2D eigenvalue weighted by Crippen LogP contribution is 2.48. The fraction of sp³-hybridized carbons (Fsp3) is 0.625. The molecule has 2 N–H and O–H groups in total. The highest BCUT2D eigenvalue weighted by atomic mass is 16.5. The smallest absolute Gasteiger partial charge is 0.121 e. The Labute approximate surface area is 111 Å². The van der Waals surface area contributed by atoms with Crippen molar-refractivity contribution in [3.63, 3.8) is 0 Å². The summed E-state index contributed by atoms with van der Waals surface area (Å²) in [5, 5.41) is 0. The molecule has 0 heterocycles. The molecule has 1 aliphatic carbocycles. The molecule has 0 amide bonds. The van der Waals surface area contributed by atoms with Crippen molar-refractivity contribution in [3.8, 4) is 5.75 Å². The van der Waals surface area contributed by atoms with E-state index in [9.17, 15) is 0 Å². The molecule has 0 radical (unpaired) electrons. The van der Waals surface area contributed by atoms with Crippen molar-refractivity contribution in [1.82, 2.24) is 0 Å². The van der Waals surface area contributed by atoms with Crippen molar-refractivity contribution in [2.75, 3.05) is 7.11 Å². The fourth-order valence-corrected chi connectivity index (χ4v) is 3.36. The lowest BCUT2D eigenvalue weighted by Crippen LogP contribution is -2.29. The average molecular weight is 247 g/mol. The Morgan fingerprint density at radius 1 is 1.39 bits per heavy atom. The second-order valence-corrected chi connectivity index (χ2v) is 6.24. The summed E-state index contributed by atoms with van der Waals surface area (Å²) in [5.74, 6) is 1.53. The highest BCUT2D eigenvalue weighted by molar-refractivity contribution is 5.37. The number of benzene rings is 1. The Morgan fingerprint density at radius 2 is 2.11 bits per heavy atom. The van der Waals surface area contributed by atoms with Gasteiger partial charge in [0, 0.05) is 6.04 Å². The largest absolute Gasteiger partial charge is 0.496 e. The standard InChI is InChI=1S/C16H25NO/c1-11-10-12(7-8-14(11)18-4)15(17)13-6-5-9-16(13,2)3/h7-8,10,13,15H,5-6,9,17H2,1-4H3. The zero-order valence-corrected chi connectivity index (χ0v) is 12.0. The maximum atomic E-state index is 6.50. The molecule has 0 aliphatic heterocycles. The van der Waals surface area contributed by atoms with Crippen LogP contribution in [0.3, 0.4) is 0 Å². The predicted molar refractivity (Wildman–Crippen MR) is 75.8 cm³/mol. The summed E-state index contributed by atoms with van der Waals surface area (Å²) in [6.07, 6.45) is 3.85. The first-order valence-electron chi connectivity index (χ1n) is 6.86. The topological polar surface area (TPSA) is 35.2 Å². The van der Waals surface area contributed by atoms with Crippen LogP contribution in [0.15, 0.2) is 18.2 Å². The van der Waals surface area contributed by atoms with Gasteiger partial charge >= 0.3 is 0 Å². The van der Waals surface area contributed by atoms with Crippen LogP contribution in [0.4, 0.5) is 0 Å². The van der Waals surface area contributed by atoms with E-state index in [4.69, 9.17) is 10.5 Å². The summed E-state index contributed by atoms with van der Waals surface area (Å²) in [4.78, 5) is 0. The van der Waals surface area contributed by atoms with Crippen LogP contribution in [-0.2, 0) is 0 Å². The number of aryl methyl sites for hydroxylation is 1. The summed E-state index contributed by atoms with van der Waals surface area (Å²) in [6.45, 7) is 6.77. The molecule has 2 unspecified atom stereocenters. The Morgan fingerprint density at radius 3 is 2.61 bits per heavy atom. The summed E-state index contributed by atoms with van der Waals surface area (Å²) < 4.78 is 5.31. The monoisotopic (exact) mass is 247 g/mol. The SMILES string of the molecule is COc1ccc(C(N)C2CCCC2(C)C)cc1C. The molecule has 1 saturated carbocycles. The van der Waals surface area contributed by atoms with Crippen LogP contribution in [0.2, 0.25) is 0 Å². The normalized spacial score (nSPS) is 23.9. The number of methoxy groups -OCH3 is 1. The van der Waals surface area contributed by atoms with E-state index in [1.807, 2.05) is 6.07 Å². The van der Waals surface area contributed by atoms with Gasteiger partial charge < -0.3 is 10.5 Å². The lowest BCUT2D eigenvalue weighted by atomic mass is 9.75. The van der Waals surface area contributed by atoms with Crippen LogP contribution in [-0.4, -0.2) is 7.11 Å². The summed E-state index contributed by atoms with van der Waals surface area (Å²) in [7, 11) is 1.71. The minimum absolute atomic E-state index is 0.145. The molecule has 2 nitrogen and oxygen atoms in total. The number of ether oxygens (including phenoxy) is 1. The Kier molecular flexibility index (Phi) is 3.67. The first kappa shape index (κ1) is 13.4. The van der Waals surface area contributed by atoms with E-state index in [0.29, 0.717) is 11.3 Å². The third kappa shape index (κ3) is 2.39. The minimum Gasteiger partial charge on any atom is -0.496 e. The van der Waals surface area contributed by atoms with Gasteiger partial charge in [0.2, 0.25) is 0 Å². The van der Waals surface area contributed by atoms with Gasteiger partial charge in [-0.15, -0.1) is 0 Å². The molecular formula is C16H25NO. The van der Waals surface area contributed by atoms with Gasteiger partial charge in [-0.2, -0.15) is 0 Å². The van der Waals surface area contributed by atoms with Gasteiger partial charge in [-0.3, -0.25) is 0 Å². The zero-order chi connectivity index (χ0) is 13.3. The second kappa shape index (κ2) is 4.93. The van der Waals surface area contributed by atoms with E-state index in [-0.39, 0.29) is 6.04 Å². The Hall–Kier alpha value is -1.02. The van der Waals surface area contributed by atoms with Gasteiger partial charge in [-0.25, -0.2) is 0 Å². The van der Waals surface area contributed by atoms with Gasteiger partial charge in [0.25, 0.3) is 0 Å². The Bertz CT molecular complexity index is 425. The minimum atomic E-state index is 0.145. The molecule has 1 aromatic rings. The molecule has 0 spiro atoms. The van der Waals surface area contributed by atoms with Crippen LogP contribution in [0.25, 0.3) is 0 Å². The first-order valence-corrected chi connectivity index (χ1v) is 6.86. The quantitative estimate of drug-likeness (QED) is 0.881. The molecule has 0 aromatic heterocycles. The van der Waals surface area contributed by atoms with Crippen molar-refractivity contribution in [2.24, 2.45) is 17.1 Å². The third-order valence-corrected chi connectivity index (χ3v) is 4.58. The van der Waals surface area contributed by atoms with Gasteiger partial charge in [0.1, 0.15) is 5.75 Å². The molecule has 18 heavy (non-hydrogen) atoms. The molecule has 1 fully saturated rings.